The molecule has 0 N–H and O–H groups in total. The normalized spacial score (nSPS) is 24.4. The van der Waals surface area contributed by atoms with E-state index in [9.17, 15) is 18.0 Å². The van der Waals surface area contributed by atoms with E-state index in [1.54, 1.807) is 11.0 Å². The van der Waals surface area contributed by atoms with Crippen LogP contribution in [-0.2, 0) is 14.6 Å². The second-order valence-electron chi connectivity index (χ2n) is 7.62. The fourth-order valence-electron chi connectivity index (χ4n) is 4.40. The molecule has 2 saturated heterocycles. The molecule has 1 aromatic heterocycles. The molecule has 148 valence electrons. The number of hydrogen-bond donors (Lipinski definition) is 0. The predicted molar refractivity (Wildman–Crippen MR) is 102 cm³/mol. The van der Waals surface area contributed by atoms with Crippen LogP contribution in [0.15, 0.2) is 53.3 Å². The van der Waals surface area contributed by atoms with Crippen molar-refractivity contribution in [1.29, 1.82) is 0 Å². The number of carbonyl (C=O) groups is 2. The summed E-state index contributed by atoms with van der Waals surface area (Å²) in [6.45, 7) is 1.45. The lowest BCUT2D eigenvalue weighted by Crippen LogP contribution is -2.39. The van der Waals surface area contributed by atoms with E-state index in [0.717, 1.165) is 11.8 Å². The zero-order chi connectivity index (χ0) is 19.9. The molecule has 0 spiro atoms. The quantitative estimate of drug-likeness (QED) is 0.775. The lowest BCUT2D eigenvalue weighted by Gasteiger charge is -2.29. The Balaban J connectivity index is 1.60. The molecule has 8 heteroatoms. The van der Waals surface area contributed by atoms with Crippen molar-refractivity contribution < 1.29 is 22.4 Å². The molecule has 0 aliphatic carbocycles. The zero-order valence-electron chi connectivity index (χ0n) is 15.5. The molecule has 2 aliphatic rings. The summed E-state index contributed by atoms with van der Waals surface area (Å²) < 4.78 is 28.1. The molecule has 2 fully saturated rings. The Morgan fingerprint density at radius 2 is 1.86 bits per heavy atom. The van der Waals surface area contributed by atoms with Crippen LogP contribution in [0.3, 0.4) is 0 Å². The van der Waals surface area contributed by atoms with Crippen LogP contribution in [-0.4, -0.2) is 61.7 Å². The van der Waals surface area contributed by atoms with Crippen LogP contribution in [0.5, 0.6) is 0 Å². The zero-order valence-corrected chi connectivity index (χ0v) is 16.3. The number of hydrogen-bond acceptors (Lipinski definition) is 5. The standard InChI is InChI=1S/C20H22N2O5S/c1-28(25,26)13-18(23)21-9-16-10-22(20(24)15-7-8-27-12-15)19(17(16)11-21)14-5-3-2-4-6-14/h2-8,12,16-17,19H,9-11,13H2,1H3/t16-,17-,19+/m0/s1. The summed E-state index contributed by atoms with van der Waals surface area (Å²) in [7, 11) is -3.37. The Morgan fingerprint density at radius 1 is 1.11 bits per heavy atom. The van der Waals surface area contributed by atoms with Crippen LogP contribution in [0.2, 0.25) is 0 Å². The molecule has 1 aromatic carbocycles. The summed E-state index contributed by atoms with van der Waals surface area (Å²) in [6.07, 6.45) is 3.99. The molecule has 4 rings (SSSR count). The number of carbonyl (C=O) groups excluding carboxylic acids is 2. The number of nitrogens with zero attached hydrogens (tertiary/aromatic N) is 2. The number of benzene rings is 1. The highest BCUT2D eigenvalue weighted by molar-refractivity contribution is 7.91. The third kappa shape index (κ3) is 3.56. The second-order valence-corrected chi connectivity index (χ2v) is 9.76. The van der Waals surface area contributed by atoms with Gasteiger partial charge in [0.1, 0.15) is 12.0 Å². The van der Waals surface area contributed by atoms with Gasteiger partial charge in [-0.15, -0.1) is 0 Å². The summed E-state index contributed by atoms with van der Waals surface area (Å²) in [6, 6.07) is 11.3. The van der Waals surface area contributed by atoms with Gasteiger partial charge in [0.25, 0.3) is 5.91 Å². The fourth-order valence-corrected chi connectivity index (χ4v) is 5.03. The molecule has 3 atom stereocenters. The summed E-state index contributed by atoms with van der Waals surface area (Å²) in [5, 5.41) is 0. The molecular formula is C20H22N2O5S. The maximum Gasteiger partial charge on any atom is 0.257 e. The van der Waals surface area contributed by atoms with E-state index < -0.39 is 15.6 Å². The highest BCUT2D eigenvalue weighted by atomic mass is 32.2. The van der Waals surface area contributed by atoms with E-state index >= 15 is 0 Å². The Morgan fingerprint density at radius 3 is 2.50 bits per heavy atom. The van der Waals surface area contributed by atoms with E-state index in [1.807, 2.05) is 35.2 Å². The van der Waals surface area contributed by atoms with Gasteiger partial charge in [0.2, 0.25) is 5.91 Å². The molecule has 0 saturated carbocycles. The van der Waals surface area contributed by atoms with Gasteiger partial charge in [0.15, 0.2) is 9.84 Å². The van der Waals surface area contributed by atoms with Crippen molar-refractivity contribution in [1.82, 2.24) is 9.80 Å². The maximum atomic E-state index is 13.0. The smallest absolute Gasteiger partial charge is 0.257 e. The van der Waals surface area contributed by atoms with Gasteiger partial charge in [-0.3, -0.25) is 9.59 Å². The minimum absolute atomic E-state index is 0.0711. The van der Waals surface area contributed by atoms with Gasteiger partial charge in [-0.25, -0.2) is 8.42 Å². The maximum absolute atomic E-state index is 13.0. The number of rotatable bonds is 4. The predicted octanol–water partition coefficient (Wildman–Crippen LogP) is 1.60. The molecule has 2 aliphatic heterocycles. The van der Waals surface area contributed by atoms with Gasteiger partial charge >= 0.3 is 0 Å². The van der Waals surface area contributed by atoms with Crippen molar-refractivity contribution >= 4 is 21.7 Å². The first-order valence-electron chi connectivity index (χ1n) is 9.17. The van der Waals surface area contributed by atoms with Gasteiger partial charge in [-0.1, -0.05) is 30.3 Å². The summed E-state index contributed by atoms with van der Waals surface area (Å²) >= 11 is 0. The minimum Gasteiger partial charge on any atom is -0.472 e. The third-order valence-electron chi connectivity index (χ3n) is 5.57. The molecule has 0 bridgehead atoms. The molecular weight excluding hydrogens is 380 g/mol. The number of amides is 2. The van der Waals surface area contributed by atoms with E-state index in [1.165, 1.54) is 12.5 Å². The van der Waals surface area contributed by atoms with Crippen LogP contribution in [0.25, 0.3) is 0 Å². The van der Waals surface area contributed by atoms with E-state index in [2.05, 4.69) is 0 Å². The Bertz CT molecular complexity index is 971. The van der Waals surface area contributed by atoms with Crippen molar-refractivity contribution in [2.45, 2.75) is 6.04 Å². The first kappa shape index (κ1) is 18.7. The SMILES string of the molecule is CS(=O)(=O)CC(=O)N1C[C@H]2CN(C(=O)c3ccoc3)[C@H](c3ccccc3)[C@H]2C1. The van der Waals surface area contributed by atoms with Crippen LogP contribution in [0.4, 0.5) is 0 Å². The molecule has 7 nitrogen and oxygen atoms in total. The van der Waals surface area contributed by atoms with E-state index in [4.69, 9.17) is 4.42 Å². The molecule has 2 aromatic rings. The van der Waals surface area contributed by atoms with Gasteiger partial charge in [-0.05, 0) is 11.6 Å². The molecule has 0 unspecified atom stereocenters. The largest absolute Gasteiger partial charge is 0.472 e. The van der Waals surface area contributed by atoms with Crippen molar-refractivity contribution in [3.05, 3.63) is 60.1 Å². The van der Waals surface area contributed by atoms with Crippen molar-refractivity contribution in [2.24, 2.45) is 11.8 Å². The Hall–Kier alpha value is -2.61. The van der Waals surface area contributed by atoms with Crippen molar-refractivity contribution in [3.8, 4) is 0 Å². The summed E-state index contributed by atoms with van der Waals surface area (Å²) in [5.74, 6) is -0.742. The number of likely N-dealkylation sites (tertiary alicyclic amines) is 2. The van der Waals surface area contributed by atoms with Crippen LogP contribution >= 0.6 is 0 Å². The summed E-state index contributed by atoms with van der Waals surface area (Å²) in [4.78, 5) is 28.9. The van der Waals surface area contributed by atoms with Crippen molar-refractivity contribution in [3.63, 3.8) is 0 Å². The summed E-state index contributed by atoms with van der Waals surface area (Å²) in [5.41, 5.74) is 1.52. The fraction of sp³-hybridized carbons (Fsp3) is 0.400. The molecule has 0 radical (unpaired) electrons. The molecule has 28 heavy (non-hydrogen) atoms. The van der Waals surface area contributed by atoms with Gasteiger partial charge in [-0.2, -0.15) is 0 Å². The highest BCUT2D eigenvalue weighted by Crippen LogP contribution is 2.45. The minimum atomic E-state index is -3.37. The van der Waals surface area contributed by atoms with Crippen LogP contribution < -0.4 is 0 Å². The first-order valence-corrected chi connectivity index (χ1v) is 11.2. The lowest BCUT2D eigenvalue weighted by atomic mass is 9.89. The van der Waals surface area contributed by atoms with Crippen LogP contribution in [0.1, 0.15) is 22.0 Å². The number of fused-ring (bicyclic) bond motifs is 1. The molecule has 2 amide bonds. The average Bonchev–Trinajstić information content (AvgIpc) is 3.36. The second kappa shape index (κ2) is 7.09. The van der Waals surface area contributed by atoms with Gasteiger partial charge in [0, 0.05) is 37.7 Å². The highest BCUT2D eigenvalue weighted by Gasteiger charge is 2.50. The number of sulfone groups is 1. The topological polar surface area (TPSA) is 87.9 Å². The van der Waals surface area contributed by atoms with Gasteiger partial charge in [0.05, 0.1) is 17.9 Å². The monoisotopic (exact) mass is 402 g/mol. The average molecular weight is 402 g/mol. The Labute approximate surface area is 163 Å². The number of furan rings is 1. The van der Waals surface area contributed by atoms with Crippen LogP contribution in [0, 0.1) is 11.8 Å². The lowest BCUT2D eigenvalue weighted by molar-refractivity contribution is -0.127. The van der Waals surface area contributed by atoms with Crippen molar-refractivity contribution in [2.75, 3.05) is 31.6 Å². The third-order valence-corrected chi connectivity index (χ3v) is 6.34. The Kier molecular flexibility index (Phi) is 4.74. The van der Waals surface area contributed by atoms with Gasteiger partial charge < -0.3 is 14.2 Å². The van der Waals surface area contributed by atoms with E-state index in [-0.39, 0.29) is 29.7 Å². The first-order chi connectivity index (χ1) is 13.3. The van der Waals surface area contributed by atoms with E-state index in [0.29, 0.717) is 25.2 Å². The molecule has 3 heterocycles.